The molecule has 0 saturated heterocycles. The average Bonchev–Trinajstić information content (AvgIpc) is 0. The molecule has 0 spiro atoms. The second kappa shape index (κ2) is 17.4. The Labute approximate surface area is 81.9 Å². The van der Waals surface area contributed by atoms with Gasteiger partial charge in [0.2, 0.25) is 0 Å². The molecule has 0 aromatic heterocycles. The van der Waals surface area contributed by atoms with E-state index in [-0.39, 0.29) is 83.2 Å². The predicted octanol–water partition coefficient (Wildman–Crippen LogP) is -3.55. The monoisotopic (exact) mass is 328 g/mol. The van der Waals surface area contributed by atoms with Crippen molar-refractivity contribution in [2.24, 2.45) is 0 Å². The fourth-order valence-electron chi connectivity index (χ4n) is 0. The molecular formula is H9Al3U. The summed E-state index contributed by atoms with van der Waals surface area (Å²) in [6.07, 6.45) is 0. The SMILES string of the molecule is [AlH3].[AlH3].[AlH3].[U]. The Kier molecular flexibility index (Phi) is 132. The Morgan fingerprint density at radius 1 is 0.500 bits per heavy atom. The minimum Gasteiger partial charge on any atom is 0 e. The summed E-state index contributed by atoms with van der Waals surface area (Å²) in [5, 5.41) is 0. The maximum atomic E-state index is 0. The molecule has 0 heterocycles. The Hall–Kier alpha value is 2.65. The Morgan fingerprint density at radius 2 is 0.500 bits per heavy atom. The maximum Gasteiger partial charge on any atom is 0.187 e. The van der Waals surface area contributed by atoms with Crippen LogP contribution < -0.4 is 0 Å². The summed E-state index contributed by atoms with van der Waals surface area (Å²) < 4.78 is 0. The predicted molar refractivity (Wildman–Crippen MR) is 29.8 cm³/mol. The molecule has 0 amide bonds. The Morgan fingerprint density at radius 3 is 0.500 bits per heavy atom. The van der Waals surface area contributed by atoms with Crippen molar-refractivity contribution in [1.29, 1.82) is 0 Å². The molecule has 0 N–H and O–H groups in total. The van der Waals surface area contributed by atoms with Crippen molar-refractivity contribution >= 4 is 52.1 Å². The molecule has 0 aliphatic rings. The number of rotatable bonds is 0. The van der Waals surface area contributed by atoms with Crippen molar-refractivity contribution in [3.8, 4) is 0 Å². The Balaban J connectivity index is 0. The van der Waals surface area contributed by atoms with E-state index < -0.39 is 0 Å². The van der Waals surface area contributed by atoms with E-state index in [1.165, 1.54) is 0 Å². The summed E-state index contributed by atoms with van der Waals surface area (Å²) >= 11 is 0. The molecule has 0 unspecified atom stereocenters. The van der Waals surface area contributed by atoms with E-state index in [1.54, 1.807) is 0 Å². The quantitative estimate of drug-likeness (QED) is 0.404. The summed E-state index contributed by atoms with van der Waals surface area (Å²) in [4.78, 5) is 0. The summed E-state index contributed by atoms with van der Waals surface area (Å²) in [6.45, 7) is 0. The molecule has 0 radical (unpaired) electrons. The van der Waals surface area contributed by atoms with E-state index in [9.17, 15) is 0 Å². The first-order valence-corrected chi connectivity index (χ1v) is 0. The van der Waals surface area contributed by atoms with Crippen LogP contribution in [0.4, 0.5) is 0 Å². The van der Waals surface area contributed by atoms with Gasteiger partial charge >= 0.3 is 0 Å². The largest absolute Gasteiger partial charge is 0.187 e. The van der Waals surface area contributed by atoms with Gasteiger partial charge in [0.15, 0.2) is 52.1 Å². The molecule has 0 aliphatic carbocycles. The van der Waals surface area contributed by atoms with Gasteiger partial charge < -0.3 is 0 Å². The summed E-state index contributed by atoms with van der Waals surface area (Å²) in [5.41, 5.74) is 0. The summed E-state index contributed by atoms with van der Waals surface area (Å²) in [7, 11) is 0. The second-order valence-corrected chi connectivity index (χ2v) is 0. The van der Waals surface area contributed by atoms with E-state index >= 15 is 0 Å². The molecule has 0 atom stereocenters. The molecule has 4 heavy (non-hydrogen) atoms. The molecular weight excluding hydrogens is 319 g/mol. The Bertz CT molecular complexity index is 3.25. The van der Waals surface area contributed by atoms with Crippen molar-refractivity contribution < 1.29 is 31.1 Å². The van der Waals surface area contributed by atoms with Crippen LogP contribution in [-0.2, 0) is 0 Å². The summed E-state index contributed by atoms with van der Waals surface area (Å²) in [6, 6.07) is 0. The first-order chi connectivity index (χ1) is 0. The molecule has 0 rings (SSSR count). The van der Waals surface area contributed by atoms with Crippen LogP contribution in [0.5, 0.6) is 0 Å². The molecule has 22 valence electrons. The minimum absolute atomic E-state index is 0. The first-order valence-electron chi connectivity index (χ1n) is 0. The van der Waals surface area contributed by atoms with Crippen LogP contribution in [0.2, 0.25) is 0 Å². The topological polar surface area (TPSA) is 0 Å². The fourth-order valence-corrected chi connectivity index (χ4v) is 0. The third-order valence-corrected chi connectivity index (χ3v) is 0. The van der Waals surface area contributed by atoms with Crippen molar-refractivity contribution in [3.05, 3.63) is 0 Å². The van der Waals surface area contributed by atoms with Gasteiger partial charge in [-0.1, -0.05) is 0 Å². The maximum absolute atomic E-state index is 0. The first kappa shape index (κ1) is 30.2. The zero-order valence-corrected chi connectivity index (χ0v) is 4.66. The van der Waals surface area contributed by atoms with Crippen LogP contribution in [-0.4, -0.2) is 52.1 Å². The van der Waals surface area contributed by atoms with Crippen LogP contribution in [0.25, 0.3) is 0 Å². The van der Waals surface area contributed by atoms with Gasteiger partial charge in [-0.3, -0.25) is 0 Å². The van der Waals surface area contributed by atoms with Crippen molar-refractivity contribution in [1.82, 2.24) is 0 Å². The minimum atomic E-state index is 0. The van der Waals surface area contributed by atoms with E-state index in [0.29, 0.717) is 0 Å². The number of hydrogen-bond donors (Lipinski definition) is 0. The van der Waals surface area contributed by atoms with Crippen LogP contribution in [0.3, 0.4) is 0 Å². The van der Waals surface area contributed by atoms with Crippen LogP contribution >= 0.6 is 0 Å². The standard InChI is InChI=1S/3Al.U.9H. The molecule has 0 aromatic rings. The van der Waals surface area contributed by atoms with Crippen molar-refractivity contribution in [3.63, 3.8) is 0 Å². The normalized spacial score (nSPS) is 0. The van der Waals surface area contributed by atoms with Crippen molar-refractivity contribution in [2.45, 2.75) is 0 Å². The van der Waals surface area contributed by atoms with Gasteiger partial charge in [0.1, 0.15) is 0 Å². The fraction of sp³-hybridized carbons (Fsp3) is 0. The van der Waals surface area contributed by atoms with E-state index in [0.717, 1.165) is 0 Å². The number of hydrogen-bond acceptors (Lipinski definition) is 0. The van der Waals surface area contributed by atoms with E-state index in [4.69, 9.17) is 0 Å². The van der Waals surface area contributed by atoms with Crippen LogP contribution in [0.15, 0.2) is 0 Å². The summed E-state index contributed by atoms with van der Waals surface area (Å²) in [5.74, 6) is 0. The van der Waals surface area contributed by atoms with E-state index in [2.05, 4.69) is 0 Å². The molecule has 0 aromatic carbocycles. The molecule has 0 saturated carbocycles. The zero-order valence-electron chi connectivity index (χ0n) is 0.500. The zero-order chi connectivity index (χ0) is 0. The third kappa shape index (κ3) is 8.82. The van der Waals surface area contributed by atoms with Crippen LogP contribution in [0.1, 0.15) is 0 Å². The van der Waals surface area contributed by atoms with Gasteiger partial charge in [0.05, 0.1) is 0 Å². The second-order valence-electron chi connectivity index (χ2n) is 0. The van der Waals surface area contributed by atoms with Gasteiger partial charge in [0, 0.05) is 31.1 Å². The molecule has 0 fully saturated rings. The van der Waals surface area contributed by atoms with Crippen molar-refractivity contribution in [2.75, 3.05) is 0 Å². The molecule has 0 bridgehead atoms. The smallest absolute Gasteiger partial charge is 0 e. The van der Waals surface area contributed by atoms with Gasteiger partial charge in [-0.2, -0.15) is 0 Å². The van der Waals surface area contributed by atoms with Crippen LogP contribution in [0, 0.1) is 31.1 Å². The third-order valence-electron chi connectivity index (χ3n) is 0. The van der Waals surface area contributed by atoms with Gasteiger partial charge in [0.25, 0.3) is 0 Å². The van der Waals surface area contributed by atoms with Gasteiger partial charge in [-0.15, -0.1) is 0 Å². The van der Waals surface area contributed by atoms with E-state index in [1.807, 2.05) is 0 Å². The molecule has 4 heteroatoms. The average molecular weight is 328 g/mol. The van der Waals surface area contributed by atoms with Gasteiger partial charge in [-0.25, -0.2) is 0 Å². The van der Waals surface area contributed by atoms with Gasteiger partial charge in [-0.05, 0) is 0 Å². The molecule has 0 nitrogen and oxygen atoms in total. The molecule has 0 aliphatic heterocycles.